The van der Waals surface area contributed by atoms with Crippen molar-refractivity contribution in [2.75, 3.05) is 32.8 Å². The molecule has 2 heterocycles. The number of benzene rings is 1. The minimum atomic E-state index is -0.718. The summed E-state index contributed by atoms with van der Waals surface area (Å²) in [5.41, 5.74) is 1.40. The molecule has 0 radical (unpaired) electrons. The van der Waals surface area contributed by atoms with Crippen LogP contribution in [-0.4, -0.2) is 71.4 Å². The second kappa shape index (κ2) is 10.5. The highest BCUT2D eigenvalue weighted by molar-refractivity contribution is 5.97. The van der Waals surface area contributed by atoms with E-state index in [0.717, 1.165) is 5.56 Å². The van der Waals surface area contributed by atoms with Gasteiger partial charge in [-0.25, -0.2) is 0 Å². The molecule has 0 aliphatic carbocycles. The number of aromatic nitrogens is 1. The lowest BCUT2D eigenvalue weighted by atomic mass is 10.1. The van der Waals surface area contributed by atoms with Crippen molar-refractivity contribution < 1.29 is 19.1 Å². The van der Waals surface area contributed by atoms with Crippen molar-refractivity contribution in [3.8, 4) is 0 Å². The highest BCUT2D eigenvalue weighted by Gasteiger charge is 2.36. The lowest BCUT2D eigenvalue weighted by molar-refractivity contribution is -0.145. The number of carbonyl (C=O) groups is 3. The molecular formula is C22H26N4O4. The first-order valence-corrected chi connectivity index (χ1v) is 9.99. The molecule has 0 spiro atoms. The highest BCUT2D eigenvalue weighted by Crippen LogP contribution is 2.15. The zero-order valence-electron chi connectivity index (χ0n) is 17.0. The fourth-order valence-electron chi connectivity index (χ4n) is 3.40. The van der Waals surface area contributed by atoms with E-state index in [1.54, 1.807) is 30.2 Å². The Balaban J connectivity index is 1.72. The van der Waals surface area contributed by atoms with Crippen molar-refractivity contribution in [1.82, 2.24) is 20.1 Å². The number of piperazine rings is 1. The maximum absolute atomic E-state index is 13.0. The van der Waals surface area contributed by atoms with Gasteiger partial charge in [0.15, 0.2) is 0 Å². The Morgan fingerprint density at radius 2 is 1.93 bits per heavy atom. The minimum Gasteiger partial charge on any atom is -0.465 e. The van der Waals surface area contributed by atoms with Crippen LogP contribution in [0.1, 0.15) is 22.8 Å². The van der Waals surface area contributed by atoms with Crippen LogP contribution in [0.4, 0.5) is 0 Å². The summed E-state index contributed by atoms with van der Waals surface area (Å²) in [6.45, 7) is 3.57. The van der Waals surface area contributed by atoms with Gasteiger partial charge in [0.05, 0.1) is 18.7 Å². The minimum absolute atomic E-state index is 0.0885. The van der Waals surface area contributed by atoms with Crippen LogP contribution in [0.3, 0.4) is 0 Å². The van der Waals surface area contributed by atoms with Gasteiger partial charge >= 0.3 is 5.97 Å². The average molecular weight is 410 g/mol. The molecule has 30 heavy (non-hydrogen) atoms. The topological polar surface area (TPSA) is 91.8 Å². The number of carbonyl (C=O) groups excluding carboxylic acids is 3. The Labute approximate surface area is 175 Å². The van der Waals surface area contributed by atoms with Crippen molar-refractivity contribution in [2.45, 2.75) is 19.5 Å². The molecule has 0 bridgehead atoms. The normalized spacial score (nSPS) is 16.7. The van der Waals surface area contributed by atoms with Crippen LogP contribution in [0.2, 0.25) is 0 Å². The van der Waals surface area contributed by atoms with E-state index >= 15 is 0 Å². The van der Waals surface area contributed by atoms with E-state index in [-0.39, 0.29) is 30.9 Å². The second-order valence-corrected chi connectivity index (χ2v) is 7.00. The smallest absolute Gasteiger partial charge is 0.320 e. The maximum Gasteiger partial charge on any atom is 0.320 e. The van der Waals surface area contributed by atoms with Gasteiger partial charge in [0, 0.05) is 38.6 Å². The number of pyridine rings is 1. The summed E-state index contributed by atoms with van der Waals surface area (Å²) in [5, 5.41) is 2.91. The van der Waals surface area contributed by atoms with Gasteiger partial charge in [-0.05, 0) is 24.6 Å². The van der Waals surface area contributed by atoms with Gasteiger partial charge in [0.25, 0.3) is 5.91 Å². The quantitative estimate of drug-likeness (QED) is 0.687. The first kappa shape index (κ1) is 21.4. The lowest BCUT2D eigenvalue weighted by Gasteiger charge is -2.40. The number of rotatable bonds is 7. The van der Waals surface area contributed by atoms with Crippen LogP contribution in [0.15, 0.2) is 54.9 Å². The lowest BCUT2D eigenvalue weighted by Crippen LogP contribution is -2.61. The molecule has 1 aliphatic heterocycles. The van der Waals surface area contributed by atoms with E-state index in [4.69, 9.17) is 4.74 Å². The van der Waals surface area contributed by atoms with Crippen LogP contribution >= 0.6 is 0 Å². The molecule has 158 valence electrons. The summed E-state index contributed by atoms with van der Waals surface area (Å²) in [6, 6.07) is 12.2. The van der Waals surface area contributed by atoms with Crippen molar-refractivity contribution in [3.05, 3.63) is 66.0 Å². The fraction of sp³-hybridized carbons (Fsp3) is 0.364. The van der Waals surface area contributed by atoms with Gasteiger partial charge in [0.1, 0.15) is 6.04 Å². The number of hydrogen-bond donors (Lipinski definition) is 1. The SMILES string of the molecule is CCOC(=O)CN1CCN(C(=O)c2cccnc2)C(C(=O)NCc2ccccc2)C1. The number of nitrogens with zero attached hydrogens (tertiary/aromatic N) is 3. The molecule has 2 amide bonds. The molecule has 1 saturated heterocycles. The van der Waals surface area contributed by atoms with Gasteiger partial charge in [-0.1, -0.05) is 30.3 Å². The van der Waals surface area contributed by atoms with E-state index in [9.17, 15) is 14.4 Å². The summed E-state index contributed by atoms with van der Waals surface area (Å²) in [6.07, 6.45) is 3.09. The first-order chi connectivity index (χ1) is 14.6. The van der Waals surface area contributed by atoms with E-state index in [2.05, 4.69) is 10.3 Å². The summed E-state index contributed by atoms with van der Waals surface area (Å²) < 4.78 is 5.02. The molecule has 8 heteroatoms. The van der Waals surface area contributed by atoms with E-state index in [1.165, 1.54) is 6.20 Å². The second-order valence-electron chi connectivity index (χ2n) is 7.00. The van der Waals surface area contributed by atoms with E-state index in [1.807, 2.05) is 35.2 Å². The number of hydrogen-bond acceptors (Lipinski definition) is 6. The highest BCUT2D eigenvalue weighted by atomic mass is 16.5. The number of nitrogens with one attached hydrogen (secondary N) is 1. The molecule has 2 aromatic rings. The molecule has 1 aromatic heterocycles. The maximum atomic E-state index is 13.0. The van der Waals surface area contributed by atoms with Crippen molar-refractivity contribution >= 4 is 17.8 Å². The third-order valence-corrected chi connectivity index (χ3v) is 4.90. The third kappa shape index (κ3) is 5.64. The first-order valence-electron chi connectivity index (χ1n) is 9.99. The molecule has 1 atom stereocenters. The Morgan fingerprint density at radius 3 is 2.63 bits per heavy atom. The zero-order chi connectivity index (χ0) is 21.3. The van der Waals surface area contributed by atoms with Crippen molar-refractivity contribution in [2.24, 2.45) is 0 Å². The Hall–Kier alpha value is -3.26. The van der Waals surface area contributed by atoms with Crippen LogP contribution in [0.5, 0.6) is 0 Å². The summed E-state index contributed by atoms with van der Waals surface area (Å²) in [7, 11) is 0. The Kier molecular flexibility index (Phi) is 7.51. The number of esters is 1. The summed E-state index contributed by atoms with van der Waals surface area (Å²) in [4.78, 5) is 45.3. The largest absolute Gasteiger partial charge is 0.465 e. The van der Waals surface area contributed by atoms with Gasteiger partial charge in [-0.2, -0.15) is 0 Å². The predicted octanol–water partition coefficient (Wildman–Crippen LogP) is 1.09. The molecule has 1 aliphatic rings. The van der Waals surface area contributed by atoms with Crippen LogP contribution in [-0.2, 0) is 20.9 Å². The van der Waals surface area contributed by atoms with Crippen molar-refractivity contribution in [1.29, 1.82) is 0 Å². The summed E-state index contributed by atoms with van der Waals surface area (Å²) >= 11 is 0. The molecule has 1 N–H and O–H groups in total. The molecule has 3 rings (SSSR count). The molecule has 1 aromatic carbocycles. The number of amides is 2. The van der Waals surface area contributed by atoms with Crippen LogP contribution in [0, 0.1) is 0 Å². The molecule has 0 saturated carbocycles. The van der Waals surface area contributed by atoms with Gasteiger partial charge in [0.2, 0.25) is 5.91 Å². The Morgan fingerprint density at radius 1 is 1.13 bits per heavy atom. The van der Waals surface area contributed by atoms with Gasteiger partial charge in [-0.15, -0.1) is 0 Å². The van der Waals surface area contributed by atoms with Crippen molar-refractivity contribution in [3.63, 3.8) is 0 Å². The van der Waals surface area contributed by atoms with E-state index < -0.39 is 6.04 Å². The molecule has 1 fully saturated rings. The van der Waals surface area contributed by atoms with E-state index in [0.29, 0.717) is 31.8 Å². The third-order valence-electron chi connectivity index (χ3n) is 4.90. The standard InChI is InChI=1S/C22H26N4O4/c1-2-30-20(27)16-25-11-12-26(22(29)18-9-6-10-23-14-18)19(15-25)21(28)24-13-17-7-4-3-5-8-17/h3-10,14,19H,2,11-13,15-16H2,1H3,(H,24,28). The van der Waals surface area contributed by atoms with Gasteiger partial charge < -0.3 is 15.0 Å². The zero-order valence-corrected chi connectivity index (χ0v) is 17.0. The van der Waals surface area contributed by atoms with Gasteiger partial charge in [-0.3, -0.25) is 24.3 Å². The molecular weight excluding hydrogens is 384 g/mol. The predicted molar refractivity (Wildman–Crippen MR) is 110 cm³/mol. The molecule has 1 unspecified atom stereocenters. The monoisotopic (exact) mass is 410 g/mol. The fourth-order valence-corrected chi connectivity index (χ4v) is 3.40. The number of ether oxygens (including phenoxy) is 1. The van der Waals surface area contributed by atoms with Crippen LogP contribution in [0.25, 0.3) is 0 Å². The Bertz CT molecular complexity index is 860. The summed E-state index contributed by atoms with van der Waals surface area (Å²) in [5.74, 6) is -0.851. The van der Waals surface area contributed by atoms with Crippen LogP contribution < -0.4 is 5.32 Å². The average Bonchev–Trinajstić information content (AvgIpc) is 2.78. The molecule has 8 nitrogen and oxygen atoms in total.